The van der Waals surface area contributed by atoms with Gasteiger partial charge in [0.2, 0.25) is 0 Å². The number of likely N-dealkylation sites (tertiary alicyclic amines) is 2. The quantitative estimate of drug-likeness (QED) is 0.848. The summed E-state index contributed by atoms with van der Waals surface area (Å²) in [6.45, 7) is 6.06. The van der Waals surface area contributed by atoms with Crippen molar-refractivity contribution in [1.29, 1.82) is 0 Å². The van der Waals surface area contributed by atoms with Crippen molar-refractivity contribution < 1.29 is 9.53 Å². The molecule has 21 heavy (non-hydrogen) atoms. The van der Waals surface area contributed by atoms with Crippen LogP contribution >= 0.6 is 11.3 Å². The number of carbonyl (C=O) groups excluding carboxylic acids is 1. The van der Waals surface area contributed by atoms with Crippen LogP contribution in [0.2, 0.25) is 0 Å². The van der Waals surface area contributed by atoms with E-state index in [4.69, 9.17) is 4.74 Å². The molecule has 114 valence electrons. The van der Waals surface area contributed by atoms with E-state index in [0.29, 0.717) is 11.5 Å². The van der Waals surface area contributed by atoms with Crippen LogP contribution in [-0.2, 0) is 4.74 Å². The molecule has 1 aromatic rings. The molecular formula is C15H21N3O2S. The number of amides is 1. The average Bonchev–Trinajstić information content (AvgIpc) is 3.19. The third kappa shape index (κ3) is 2.60. The van der Waals surface area contributed by atoms with E-state index in [-0.39, 0.29) is 5.91 Å². The summed E-state index contributed by atoms with van der Waals surface area (Å²) in [5.41, 5.74) is 2.07. The first kappa shape index (κ1) is 13.7. The smallest absolute Gasteiger partial charge is 0.265 e. The molecule has 5 nitrogen and oxygen atoms in total. The van der Waals surface area contributed by atoms with Gasteiger partial charge in [-0.3, -0.25) is 14.7 Å². The van der Waals surface area contributed by atoms with Crippen molar-refractivity contribution in [1.82, 2.24) is 14.8 Å². The summed E-state index contributed by atoms with van der Waals surface area (Å²) < 4.78 is 5.71. The van der Waals surface area contributed by atoms with Crippen LogP contribution in [0.3, 0.4) is 0 Å². The molecule has 1 atom stereocenters. The molecule has 0 aromatic carbocycles. The Morgan fingerprint density at radius 1 is 1.48 bits per heavy atom. The first-order valence-corrected chi connectivity index (χ1v) is 8.64. The molecule has 3 aliphatic rings. The minimum absolute atomic E-state index is 0.159. The van der Waals surface area contributed by atoms with E-state index in [1.54, 1.807) is 11.7 Å². The average molecular weight is 307 g/mol. The number of hydrogen-bond donors (Lipinski definition) is 0. The highest BCUT2D eigenvalue weighted by molar-refractivity contribution is 7.11. The molecule has 1 unspecified atom stereocenters. The second kappa shape index (κ2) is 5.34. The van der Waals surface area contributed by atoms with Gasteiger partial charge >= 0.3 is 0 Å². The second-order valence-corrected chi connectivity index (χ2v) is 7.53. The van der Waals surface area contributed by atoms with Gasteiger partial charge in [-0.25, -0.2) is 0 Å². The lowest BCUT2D eigenvalue weighted by molar-refractivity contribution is -0.0264. The zero-order valence-electron chi connectivity index (χ0n) is 12.2. The Balaban J connectivity index is 1.30. The minimum atomic E-state index is 0.159. The zero-order chi connectivity index (χ0) is 14.3. The molecule has 1 spiro atoms. The fourth-order valence-corrected chi connectivity index (χ4v) is 4.54. The van der Waals surface area contributed by atoms with E-state index < -0.39 is 0 Å². The van der Waals surface area contributed by atoms with E-state index in [1.807, 2.05) is 4.90 Å². The van der Waals surface area contributed by atoms with Crippen LogP contribution in [0, 0.1) is 5.41 Å². The zero-order valence-corrected chi connectivity index (χ0v) is 13.0. The van der Waals surface area contributed by atoms with Gasteiger partial charge in [0.15, 0.2) is 0 Å². The summed E-state index contributed by atoms with van der Waals surface area (Å²) in [6, 6.07) is 0. The molecule has 0 N–H and O–H groups in total. The van der Waals surface area contributed by atoms with Gasteiger partial charge in [0, 0.05) is 44.7 Å². The van der Waals surface area contributed by atoms with Crippen LogP contribution in [0.15, 0.2) is 11.7 Å². The van der Waals surface area contributed by atoms with E-state index >= 15 is 0 Å². The van der Waals surface area contributed by atoms with Gasteiger partial charge < -0.3 is 9.64 Å². The molecular weight excluding hydrogens is 286 g/mol. The molecule has 4 rings (SSSR count). The van der Waals surface area contributed by atoms with Gasteiger partial charge in [0.05, 0.1) is 17.8 Å². The van der Waals surface area contributed by atoms with Crippen molar-refractivity contribution in [3.63, 3.8) is 0 Å². The van der Waals surface area contributed by atoms with Gasteiger partial charge in [0.1, 0.15) is 4.88 Å². The Morgan fingerprint density at radius 3 is 3.10 bits per heavy atom. The molecule has 1 aromatic heterocycles. The lowest BCUT2D eigenvalue weighted by atomic mass is 9.79. The number of carbonyl (C=O) groups is 1. The summed E-state index contributed by atoms with van der Waals surface area (Å²) in [5, 5.41) is 0. The van der Waals surface area contributed by atoms with Gasteiger partial charge in [-0.15, -0.1) is 11.3 Å². The van der Waals surface area contributed by atoms with Crippen molar-refractivity contribution in [2.45, 2.75) is 25.4 Å². The lowest BCUT2D eigenvalue weighted by Crippen LogP contribution is -2.59. The molecule has 0 aliphatic carbocycles. The topological polar surface area (TPSA) is 45.7 Å². The van der Waals surface area contributed by atoms with Crippen LogP contribution < -0.4 is 0 Å². The molecule has 0 radical (unpaired) electrons. The molecule has 4 heterocycles. The highest BCUT2D eigenvalue weighted by Crippen LogP contribution is 2.40. The maximum atomic E-state index is 12.4. The third-order valence-corrected chi connectivity index (χ3v) is 5.73. The molecule has 3 fully saturated rings. The van der Waals surface area contributed by atoms with Crippen molar-refractivity contribution in [3.05, 3.63) is 16.6 Å². The van der Waals surface area contributed by atoms with Crippen LogP contribution in [0.25, 0.3) is 0 Å². The van der Waals surface area contributed by atoms with Crippen molar-refractivity contribution in [3.8, 4) is 0 Å². The van der Waals surface area contributed by atoms with Crippen molar-refractivity contribution >= 4 is 17.2 Å². The Morgan fingerprint density at radius 2 is 2.38 bits per heavy atom. The van der Waals surface area contributed by atoms with Gasteiger partial charge in [0.25, 0.3) is 5.91 Å². The number of thiazole rings is 1. The van der Waals surface area contributed by atoms with E-state index in [0.717, 1.165) is 50.6 Å². The SMILES string of the molecule is O=C(c1cncs1)N1CCC2(CN(CC3CCCO3)C2)C1. The maximum Gasteiger partial charge on any atom is 0.265 e. The number of hydrogen-bond acceptors (Lipinski definition) is 5. The summed E-state index contributed by atoms with van der Waals surface area (Å²) >= 11 is 1.44. The Hall–Kier alpha value is -0.980. The number of ether oxygens (including phenoxy) is 1. The van der Waals surface area contributed by atoms with Crippen molar-refractivity contribution in [2.24, 2.45) is 5.41 Å². The van der Waals surface area contributed by atoms with E-state index in [2.05, 4.69) is 9.88 Å². The van der Waals surface area contributed by atoms with Crippen LogP contribution in [0.5, 0.6) is 0 Å². The Labute approximate surface area is 128 Å². The summed E-state index contributed by atoms with van der Waals surface area (Å²) in [6.07, 6.45) is 5.68. The normalized spacial score (nSPS) is 28.2. The third-order valence-electron chi connectivity index (χ3n) is 4.97. The second-order valence-electron chi connectivity index (χ2n) is 6.65. The van der Waals surface area contributed by atoms with E-state index in [1.165, 1.54) is 24.2 Å². The predicted octanol–water partition coefficient (Wildman–Crippen LogP) is 1.47. The standard InChI is InChI=1S/C15H21N3O2S/c19-14(13-6-16-11-21-13)18-4-3-15(10-18)8-17(9-15)7-12-2-1-5-20-12/h6,11-12H,1-5,7-10H2. The minimum Gasteiger partial charge on any atom is -0.377 e. The Bertz CT molecular complexity index is 507. The number of nitrogens with zero attached hydrogens (tertiary/aromatic N) is 3. The van der Waals surface area contributed by atoms with E-state index in [9.17, 15) is 4.79 Å². The first-order valence-electron chi connectivity index (χ1n) is 7.76. The summed E-state index contributed by atoms with van der Waals surface area (Å²) in [5.74, 6) is 0.159. The number of aromatic nitrogens is 1. The first-order chi connectivity index (χ1) is 10.2. The molecule has 0 bridgehead atoms. The summed E-state index contributed by atoms with van der Waals surface area (Å²) in [4.78, 5) is 21.6. The highest BCUT2D eigenvalue weighted by atomic mass is 32.1. The highest BCUT2D eigenvalue weighted by Gasteiger charge is 2.49. The fourth-order valence-electron chi connectivity index (χ4n) is 3.95. The largest absolute Gasteiger partial charge is 0.377 e. The van der Waals surface area contributed by atoms with Gasteiger partial charge in [-0.2, -0.15) is 0 Å². The maximum absolute atomic E-state index is 12.4. The fraction of sp³-hybridized carbons (Fsp3) is 0.733. The molecule has 0 saturated carbocycles. The monoisotopic (exact) mass is 307 g/mol. The van der Waals surface area contributed by atoms with Gasteiger partial charge in [-0.1, -0.05) is 0 Å². The molecule has 1 amide bonds. The molecule has 3 aliphatic heterocycles. The number of rotatable bonds is 3. The molecule has 6 heteroatoms. The molecule has 3 saturated heterocycles. The van der Waals surface area contributed by atoms with Crippen LogP contribution in [-0.4, -0.2) is 66.1 Å². The Kier molecular flexibility index (Phi) is 3.47. The summed E-state index contributed by atoms with van der Waals surface area (Å²) in [7, 11) is 0. The van der Waals surface area contributed by atoms with Crippen molar-refractivity contribution in [2.75, 3.05) is 39.3 Å². The predicted molar refractivity (Wildman–Crippen MR) is 80.5 cm³/mol. The lowest BCUT2D eigenvalue weighted by Gasteiger charge is -2.48. The van der Waals surface area contributed by atoms with Crippen LogP contribution in [0.4, 0.5) is 0 Å². The van der Waals surface area contributed by atoms with Crippen LogP contribution in [0.1, 0.15) is 28.9 Å². The van der Waals surface area contributed by atoms with Gasteiger partial charge in [-0.05, 0) is 19.3 Å².